The van der Waals surface area contributed by atoms with Crippen molar-refractivity contribution in [3.05, 3.63) is 42.1 Å². The van der Waals surface area contributed by atoms with Crippen LogP contribution in [-0.4, -0.2) is 43.6 Å². The van der Waals surface area contributed by atoms with E-state index in [0.29, 0.717) is 24.4 Å². The third kappa shape index (κ3) is 2.58. The Morgan fingerprint density at radius 2 is 2.05 bits per heavy atom. The molecule has 2 aromatic rings. The minimum Gasteiger partial charge on any atom is -0.336 e. The molecule has 1 unspecified atom stereocenters. The van der Waals surface area contributed by atoms with E-state index in [4.69, 9.17) is 0 Å². The number of hydrogen-bond donors (Lipinski definition) is 0. The van der Waals surface area contributed by atoms with Crippen LogP contribution in [0.25, 0.3) is 10.9 Å². The van der Waals surface area contributed by atoms with Crippen LogP contribution in [0.1, 0.15) is 24.2 Å². The average Bonchev–Trinajstić information content (AvgIpc) is 2.48. The number of carbonyl (C=O) groups is 1. The average molecular weight is 302 g/mol. The number of nitrogens with zero attached hydrogens (tertiary/aromatic N) is 2. The van der Waals surface area contributed by atoms with Gasteiger partial charge in [0.2, 0.25) is 0 Å². The SMILES string of the molecule is CC1(C)CN(C(=O)c2ccnc3ccccc23)CCS1=O. The summed E-state index contributed by atoms with van der Waals surface area (Å²) in [6.45, 7) is 4.97. The predicted octanol–water partition coefficient (Wildman–Crippen LogP) is 2.22. The van der Waals surface area contributed by atoms with Crippen LogP contribution in [0, 0.1) is 0 Å². The van der Waals surface area contributed by atoms with E-state index in [-0.39, 0.29) is 10.7 Å². The van der Waals surface area contributed by atoms with E-state index in [9.17, 15) is 9.00 Å². The van der Waals surface area contributed by atoms with E-state index in [2.05, 4.69) is 4.98 Å². The lowest BCUT2D eigenvalue weighted by atomic mass is 10.1. The fourth-order valence-corrected chi connectivity index (χ4v) is 3.94. The van der Waals surface area contributed by atoms with E-state index >= 15 is 0 Å². The summed E-state index contributed by atoms with van der Waals surface area (Å²) in [6, 6.07) is 9.42. The van der Waals surface area contributed by atoms with Gasteiger partial charge in [-0.2, -0.15) is 0 Å². The second kappa shape index (κ2) is 5.22. The summed E-state index contributed by atoms with van der Waals surface area (Å²) >= 11 is 0. The molecule has 0 saturated carbocycles. The lowest BCUT2D eigenvalue weighted by Gasteiger charge is -2.37. The molecule has 0 spiro atoms. The molecule has 1 aliphatic rings. The molecular formula is C16H18N2O2S. The molecule has 3 rings (SSSR count). The summed E-state index contributed by atoms with van der Waals surface area (Å²) in [5.41, 5.74) is 1.49. The summed E-state index contributed by atoms with van der Waals surface area (Å²) in [7, 11) is -0.878. The summed E-state index contributed by atoms with van der Waals surface area (Å²) < 4.78 is 11.6. The highest BCUT2D eigenvalue weighted by molar-refractivity contribution is 7.86. The standard InChI is InChI=1S/C16H18N2O2S/c1-16(2)11-18(9-10-21(16)20)15(19)13-7-8-17-14-6-4-3-5-12(13)14/h3-8H,9-11H2,1-2H3. The second-order valence-corrected chi connectivity index (χ2v) is 8.12. The molecule has 0 radical (unpaired) electrons. The van der Waals surface area contributed by atoms with Gasteiger partial charge in [0, 0.05) is 41.2 Å². The van der Waals surface area contributed by atoms with E-state index in [0.717, 1.165) is 10.9 Å². The van der Waals surface area contributed by atoms with Crippen molar-refractivity contribution in [3.8, 4) is 0 Å². The van der Waals surface area contributed by atoms with Crippen molar-refractivity contribution in [3.63, 3.8) is 0 Å². The first-order valence-electron chi connectivity index (χ1n) is 7.00. The van der Waals surface area contributed by atoms with Crippen LogP contribution in [0.2, 0.25) is 0 Å². The monoisotopic (exact) mass is 302 g/mol. The number of carbonyl (C=O) groups excluding carboxylic acids is 1. The molecule has 1 fully saturated rings. The fourth-order valence-electron chi connectivity index (χ4n) is 2.71. The molecule has 2 heterocycles. The number of hydrogen-bond acceptors (Lipinski definition) is 3. The van der Waals surface area contributed by atoms with Crippen molar-refractivity contribution in [2.75, 3.05) is 18.8 Å². The Kier molecular flexibility index (Phi) is 3.53. The molecule has 5 heteroatoms. The minimum absolute atomic E-state index is 0.00150. The predicted molar refractivity (Wildman–Crippen MR) is 84.7 cm³/mol. The number of fused-ring (bicyclic) bond motifs is 1. The van der Waals surface area contributed by atoms with Gasteiger partial charge in [-0.25, -0.2) is 0 Å². The molecule has 110 valence electrons. The van der Waals surface area contributed by atoms with Crippen molar-refractivity contribution < 1.29 is 9.00 Å². The minimum atomic E-state index is -0.878. The Bertz CT molecular complexity index is 722. The molecule has 1 aliphatic heterocycles. The largest absolute Gasteiger partial charge is 0.336 e. The zero-order valence-electron chi connectivity index (χ0n) is 12.2. The van der Waals surface area contributed by atoms with E-state index < -0.39 is 10.8 Å². The number of amides is 1. The van der Waals surface area contributed by atoms with Crippen LogP contribution in [0.3, 0.4) is 0 Å². The van der Waals surface area contributed by atoms with Crippen molar-refractivity contribution >= 4 is 27.6 Å². The molecule has 0 bridgehead atoms. The number of aromatic nitrogens is 1. The lowest BCUT2D eigenvalue weighted by Crippen LogP contribution is -2.52. The number of rotatable bonds is 1. The van der Waals surface area contributed by atoms with Gasteiger partial charge in [0.1, 0.15) is 0 Å². The molecule has 1 amide bonds. The number of para-hydroxylation sites is 1. The molecule has 21 heavy (non-hydrogen) atoms. The lowest BCUT2D eigenvalue weighted by molar-refractivity contribution is 0.0747. The zero-order valence-corrected chi connectivity index (χ0v) is 13.0. The maximum atomic E-state index is 12.8. The maximum absolute atomic E-state index is 12.8. The Morgan fingerprint density at radius 1 is 1.29 bits per heavy atom. The van der Waals surface area contributed by atoms with Crippen LogP contribution in [0.5, 0.6) is 0 Å². The Morgan fingerprint density at radius 3 is 2.81 bits per heavy atom. The summed E-state index contributed by atoms with van der Waals surface area (Å²) in [4.78, 5) is 18.9. The van der Waals surface area contributed by atoms with Gasteiger partial charge in [0.25, 0.3) is 5.91 Å². The topological polar surface area (TPSA) is 50.3 Å². The third-order valence-electron chi connectivity index (χ3n) is 3.90. The molecule has 1 aromatic heterocycles. The molecule has 4 nitrogen and oxygen atoms in total. The first kappa shape index (κ1) is 14.2. The van der Waals surface area contributed by atoms with Gasteiger partial charge in [-0.1, -0.05) is 18.2 Å². The van der Waals surface area contributed by atoms with Crippen molar-refractivity contribution in [1.82, 2.24) is 9.88 Å². The van der Waals surface area contributed by atoms with Crippen LogP contribution < -0.4 is 0 Å². The molecule has 1 saturated heterocycles. The van der Waals surface area contributed by atoms with Gasteiger partial charge >= 0.3 is 0 Å². The second-order valence-electron chi connectivity index (χ2n) is 5.91. The first-order chi connectivity index (χ1) is 9.99. The van der Waals surface area contributed by atoms with Crippen LogP contribution in [0.15, 0.2) is 36.5 Å². The van der Waals surface area contributed by atoms with Crippen LogP contribution in [-0.2, 0) is 10.8 Å². The molecule has 0 N–H and O–H groups in total. The number of benzene rings is 1. The number of pyridine rings is 1. The molecule has 0 aliphatic carbocycles. The summed E-state index contributed by atoms with van der Waals surface area (Å²) in [5.74, 6) is 0.542. The van der Waals surface area contributed by atoms with E-state index in [1.54, 1.807) is 12.3 Å². The zero-order chi connectivity index (χ0) is 15.0. The highest BCUT2D eigenvalue weighted by atomic mass is 32.2. The van der Waals surface area contributed by atoms with Gasteiger partial charge in [-0.05, 0) is 26.0 Å². The van der Waals surface area contributed by atoms with Crippen LogP contribution in [0.4, 0.5) is 0 Å². The Labute approximate surface area is 126 Å². The van der Waals surface area contributed by atoms with Crippen LogP contribution >= 0.6 is 0 Å². The Hall–Kier alpha value is -1.75. The van der Waals surface area contributed by atoms with E-state index in [1.807, 2.05) is 43.0 Å². The Balaban J connectivity index is 1.96. The molecular weight excluding hydrogens is 284 g/mol. The molecule has 1 aromatic carbocycles. The smallest absolute Gasteiger partial charge is 0.254 e. The fraction of sp³-hybridized carbons (Fsp3) is 0.375. The van der Waals surface area contributed by atoms with Gasteiger partial charge in [0.15, 0.2) is 0 Å². The first-order valence-corrected chi connectivity index (χ1v) is 8.32. The highest BCUT2D eigenvalue weighted by Crippen LogP contribution is 2.24. The van der Waals surface area contributed by atoms with Gasteiger partial charge in [-0.3, -0.25) is 14.0 Å². The van der Waals surface area contributed by atoms with Crippen molar-refractivity contribution in [2.45, 2.75) is 18.6 Å². The maximum Gasteiger partial charge on any atom is 0.254 e. The summed E-state index contributed by atoms with van der Waals surface area (Å²) in [5, 5.41) is 0.870. The normalized spacial score (nSPS) is 21.4. The van der Waals surface area contributed by atoms with Gasteiger partial charge < -0.3 is 4.90 Å². The van der Waals surface area contributed by atoms with Gasteiger partial charge in [-0.15, -0.1) is 0 Å². The molecule has 1 atom stereocenters. The summed E-state index contributed by atoms with van der Waals surface area (Å²) in [6.07, 6.45) is 1.67. The van der Waals surface area contributed by atoms with Crippen molar-refractivity contribution in [2.24, 2.45) is 0 Å². The van der Waals surface area contributed by atoms with Gasteiger partial charge in [0.05, 0.1) is 15.8 Å². The van der Waals surface area contributed by atoms with E-state index in [1.165, 1.54) is 0 Å². The third-order valence-corrected chi connectivity index (χ3v) is 5.82. The van der Waals surface area contributed by atoms with Crippen molar-refractivity contribution in [1.29, 1.82) is 0 Å². The highest BCUT2D eigenvalue weighted by Gasteiger charge is 2.35. The quantitative estimate of drug-likeness (QED) is 0.811.